The molecule has 2 aromatic carbocycles. The Morgan fingerprint density at radius 3 is 2.58 bits per heavy atom. The van der Waals surface area contributed by atoms with Gasteiger partial charge < -0.3 is 0 Å². The van der Waals surface area contributed by atoms with Crippen LogP contribution in [0.25, 0.3) is 22.2 Å². The molecule has 7 heteroatoms. The molecule has 3 aromatic heterocycles. The number of thioether (sulfide) groups is 1. The van der Waals surface area contributed by atoms with Crippen LogP contribution >= 0.6 is 11.8 Å². The first kappa shape index (κ1) is 21.2. The molecule has 0 aliphatic rings. The topological polar surface area (TPSA) is 69.3 Å². The Morgan fingerprint density at radius 2 is 1.73 bits per heavy atom. The van der Waals surface area contributed by atoms with E-state index < -0.39 is 0 Å². The number of para-hydroxylation sites is 1. The fourth-order valence-corrected chi connectivity index (χ4v) is 4.76. The molecule has 0 saturated carbocycles. The van der Waals surface area contributed by atoms with Crippen LogP contribution in [-0.4, -0.2) is 18.9 Å². The maximum absolute atomic E-state index is 13.5. The number of hydrogen-bond donors (Lipinski definition) is 0. The molecule has 0 aliphatic heterocycles. The van der Waals surface area contributed by atoms with Gasteiger partial charge in [-0.3, -0.25) is 18.6 Å². The third-order valence-corrected chi connectivity index (χ3v) is 6.76. The highest BCUT2D eigenvalue weighted by Crippen LogP contribution is 2.26. The lowest BCUT2D eigenvalue weighted by Crippen LogP contribution is -2.23. The second kappa shape index (κ2) is 8.33. The molecule has 0 saturated heterocycles. The van der Waals surface area contributed by atoms with E-state index in [0.29, 0.717) is 33.2 Å². The summed E-state index contributed by atoms with van der Waals surface area (Å²) in [7, 11) is 0. The predicted octanol–water partition coefficient (Wildman–Crippen LogP) is 4.61. The number of hydrogen-bond acceptors (Lipinski definition) is 5. The number of fused-ring (bicyclic) bond motifs is 2. The van der Waals surface area contributed by atoms with Crippen molar-refractivity contribution in [3.05, 3.63) is 110 Å². The Morgan fingerprint density at radius 1 is 0.909 bits per heavy atom. The number of nitrogens with zero attached hydrogens (tertiary/aromatic N) is 4. The van der Waals surface area contributed by atoms with Gasteiger partial charge in [-0.25, -0.2) is 9.97 Å². The first-order valence-electron chi connectivity index (χ1n) is 10.6. The average Bonchev–Trinajstić information content (AvgIpc) is 2.80. The first-order chi connectivity index (χ1) is 15.9. The maximum atomic E-state index is 13.5. The fourth-order valence-electron chi connectivity index (χ4n) is 3.87. The number of pyridine rings is 1. The van der Waals surface area contributed by atoms with Gasteiger partial charge in [-0.05, 0) is 67.8 Å². The molecule has 0 bridgehead atoms. The number of aryl methyl sites for hydroxylation is 2. The summed E-state index contributed by atoms with van der Waals surface area (Å²) in [5.74, 6) is 0.412. The summed E-state index contributed by atoms with van der Waals surface area (Å²) in [6.07, 6.45) is 1.74. The van der Waals surface area contributed by atoms with Crippen LogP contribution in [0.4, 0.5) is 0 Å². The molecule has 0 N–H and O–H groups in total. The average molecular weight is 455 g/mol. The monoisotopic (exact) mass is 454 g/mol. The highest BCUT2D eigenvalue weighted by atomic mass is 32.2. The van der Waals surface area contributed by atoms with E-state index in [0.717, 1.165) is 22.4 Å². The normalized spacial score (nSPS) is 11.4. The van der Waals surface area contributed by atoms with Crippen molar-refractivity contribution in [1.82, 2.24) is 18.9 Å². The van der Waals surface area contributed by atoms with Crippen molar-refractivity contribution in [3.8, 4) is 5.69 Å². The van der Waals surface area contributed by atoms with Gasteiger partial charge in [-0.15, -0.1) is 0 Å². The summed E-state index contributed by atoms with van der Waals surface area (Å²) in [5, 5.41) is 1.14. The molecule has 0 unspecified atom stereocenters. The van der Waals surface area contributed by atoms with Crippen molar-refractivity contribution < 1.29 is 0 Å². The van der Waals surface area contributed by atoms with Crippen LogP contribution in [-0.2, 0) is 5.75 Å². The molecule has 0 fully saturated rings. The van der Waals surface area contributed by atoms with Gasteiger partial charge in [0.25, 0.3) is 11.1 Å². The molecule has 5 aromatic rings. The number of aromatic nitrogens is 4. The minimum absolute atomic E-state index is 0.112. The lowest BCUT2D eigenvalue weighted by Gasteiger charge is -2.16. The van der Waals surface area contributed by atoms with Gasteiger partial charge in [0, 0.05) is 18.0 Å². The van der Waals surface area contributed by atoms with Crippen molar-refractivity contribution in [2.24, 2.45) is 0 Å². The predicted molar refractivity (Wildman–Crippen MR) is 133 cm³/mol. The molecule has 33 heavy (non-hydrogen) atoms. The summed E-state index contributed by atoms with van der Waals surface area (Å²) in [6, 6.07) is 18.6. The van der Waals surface area contributed by atoms with Crippen LogP contribution in [0.3, 0.4) is 0 Å². The van der Waals surface area contributed by atoms with E-state index in [9.17, 15) is 9.59 Å². The van der Waals surface area contributed by atoms with Crippen LogP contribution in [0, 0.1) is 20.8 Å². The van der Waals surface area contributed by atoms with Gasteiger partial charge >= 0.3 is 0 Å². The summed E-state index contributed by atoms with van der Waals surface area (Å²) >= 11 is 1.40. The van der Waals surface area contributed by atoms with Gasteiger partial charge in [0.15, 0.2) is 5.16 Å². The van der Waals surface area contributed by atoms with Gasteiger partial charge in [-0.2, -0.15) is 0 Å². The molecule has 0 radical (unpaired) electrons. The SMILES string of the molecule is Cc1ccn2c(=O)cc(CSc3nc4ccccc4c(=O)n3-c3cccc(C)c3C)nc2c1. The van der Waals surface area contributed by atoms with E-state index in [-0.39, 0.29) is 11.1 Å². The zero-order valence-electron chi connectivity index (χ0n) is 18.6. The van der Waals surface area contributed by atoms with Crippen molar-refractivity contribution in [1.29, 1.82) is 0 Å². The maximum Gasteiger partial charge on any atom is 0.266 e. The van der Waals surface area contributed by atoms with Crippen LogP contribution < -0.4 is 11.1 Å². The van der Waals surface area contributed by atoms with Crippen LogP contribution in [0.5, 0.6) is 0 Å². The smallest absolute Gasteiger partial charge is 0.266 e. The van der Waals surface area contributed by atoms with Crippen LogP contribution in [0.2, 0.25) is 0 Å². The Kier molecular flexibility index (Phi) is 5.34. The van der Waals surface area contributed by atoms with Gasteiger partial charge in [-0.1, -0.05) is 36.0 Å². The second-order valence-corrected chi connectivity index (χ2v) is 9.02. The minimum atomic E-state index is -0.131. The third kappa shape index (κ3) is 3.85. The third-order valence-electron chi connectivity index (χ3n) is 5.79. The lowest BCUT2D eigenvalue weighted by atomic mass is 10.1. The van der Waals surface area contributed by atoms with E-state index in [2.05, 4.69) is 4.98 Å². The molecule has 0 aliphatic carbocycles. The summed E-state index contributed by atoms with van der Waals surface area (Å²) < 4.78 is 3.20. The van der Waals surface area contributed by atoms with Gasteiger partial charge in [0.2, 0.25) is 0 Å². The van der Waals surface area contributed by atoms with Crippen LogP contribution in [0.15, 0.2) is 81.6 Å². The fraction of sp³-hybridized carbons (Fsp3) is 0.154. The zero-order chi connectivity index (χ0) is 23.1. The molecule has 5 rings (SSSR count). The molecular formula is C26H22N4O2S. The number of benzene rings is 2. The van der Waals surface area contributed by atoms with E-state index in [4.69, 9.17) is 4.98 Å². The Labute approximate surface area is 194 Å². The van der Waals surface area contributed by atoms with Crippen molar-refractivity contribution in [3.63, 3.8) is 0 Å². The Bertz CT molecular complexity index is 1650. The Balaban J connectivity index is 1.64. The number of rotatable bonds is 4. The quantitative estimate of drug-likeness (QED) is 0.293. The minimum Gasteiger partial charge on any atom is -0.269 e. The molecule has 0 atom stereocenters. The second-order valence-electron chi connectivity index (χ2n) is 8.08. The summed E-state index contributed by atoms with van der Waals surface area (Å²) in [5.41, 5.74) is 5.62. The largest absolute Gasteiger partial charge is 0.269 e. The molecule has 6 nitrogen and oxygen atoms in total. The highest BCUT2D eigenvalue weighted by molar-refractivity contribution is 7.98. The van der Waals surface area contributed by atoms with Gasteiger partial charge in [0.1, 0.15) is 5.65 Å². The van der Waals surface area contributed by atoms with Crippen molar-refractivity contribution >= 4 is 28.3 Å². The van der Waals surface area contributed by atoms with E-state index in [1.54, 1.807) is 16.8 Å². The van der Waals surface area contributed by atoms with Gasteiger partial charge in [0.05, 0.1) is 22.3 Å². The van der Waals surface area contributed by atoms with E-state index in [1.165, 1.54) is 22.2 Å². The first-order valence-corrected chi connectivity index (χ1v) is 11.6. The van der Waals surface area contributed by atoms with Crippen molar-refractivity contribution in [2.45, 2.75) is 31.7 Å². The molecule has 3 heterocycles. The molecular weight excluding hydrogens is 432 g/mol. The van der Waals surface area contributed by atoms with E-state index >= 15 is 0 Å². The molecule has 0 amide bonds. The summed E-state index contributed by atoms with van der Waals surface area (Å²) in [6.45, 7) is 6.00. The molecule has 164 valence electrons. The molecule has 0 spiro atoms. The highest BCUT2D eigenvalue weighted by Gasteiger charge is 2.16. The van der Waals surface area contributed by atoms with E-state index in [1.807, 2.05) is 69.3 Å². The van der Waals surface area contributed by atoms with Crippen molar-refractivity contribution in [2.75, 3.05) is 0 Å². The van der Waals surface area contributed by atoms with Crippen LogP contribution in [0.1, 0.15) is 22.4 Å². The zero-order valence-corrected chi connectivity index (χ0v) is 19.4. The Hall–Kier alpha value is -3.71. The standard InChI is InChI=1S/C26H22N4O2S/c1-16-11-12-29-23(13-16)27-19(14-24(29)31)15-33-26-28-21-9-5-4-8-20(21)25(32)30(26)22-10-6-7-17(2)18(22)3/h4-14H,15H2,1-3H3. The lowest BCUT2D eigenvalue weighted by molar-refractivity contribution is 0.812. The summed E-state index contributed by atoms with van der Waals surface area (Å²) in [4.78, 5) is 35.6.